The van der Waals surface area contributed by atoms with E-state index in [1.54, 1.807) is 7.11 Å². The molecule has 1 rings (SSSR count). The van der Waals surface area contributed by atoms with E-state index in [4.69, 9.17) is 4.74 Å². The van der Waals surface area contributed by atoms with Gasteiger partial charge in [-0.3, -0.25) is 0 Å². The van der Waals surface area contributed by atoms with E-state index in [1.165, 1.54) is 11.1 Å². The zero-order chi connectivity index (χ0) is 12.5. The van der Waals surface area contributed by atoms with Gasteiger partial charge in [-0.15, -0.1) is 0 Å². The third-order valence-electron chi connectivity index (χ3n) is 3.21. The quantitative estimate of drug-likeness (QED) is 0.922. The van der Waals surface area contributed by atoms with Crippen LogP contribution in [0.4, 0.5) is 0 Å². The van der Waals surface area contributed by atoms with Crippen molar-refractivity contribution in [3.8, 4) is 5.75 Å². The number of ether oxygens (including phenoxy) is 1. The summed E-state index contributed by atoms with van der Waals surface area (Å²) in [6.07, 6.45) is 0. The number of benzene rings is 1. The van der Waals surface area contributed by atoms with Gasteiger partial charge in [0.05, 0.1) is 11.6 Å². The molecule has 16 heavy (non-hydrogen) atoms. The van der Waals surface area contributed by atoms with Crippen LogP contribution in [0.1, 0.15) is 35.1 Å². The van der Waals surface area contributed by atoms with Gasteiger partial charge in [0.15, 0.2) is 0 Å². The number of hydrogen-bond donors (Lipinski definition) is 1. The van der Waals surface area contributed by atoms with Gasteiger partial charge >= 0.3 is 0 Å². The molecule has 3 heteroatoms. The standard InChI is InChI=1S/C13H19BrO2/c1-7(6-15)11-8(2)9(3)13(16-5)12(14)10(11)4/h7,15H,6H2,1-5H3. The average Bonchev–Trinajstić information content (AvgIpc) is 2.27. The van der Waals surface area contributed by atoms with E-state index in [-0.39, 0.29) is 12.5 Å². The minimum atomic E-state index is 0.154. The molecule has 0 bridgehead atoms. The first-order valence-corrected chi connectivity index (χ1v) is 6.18. The van der Waals surface area contributed by atoms with Crippen LogP contribution >= 0.6 is 15.9 Å². The molecule has 0 saturated heterocycles. The Balaban J connectivity index is 3.53. The Bertz CT molecular complexity index is 370. The highest BCUT2D eigenvalue weighted by molar-refractivity contribution is 9.10. The molecule has 0 spiro atoms. The van der Waals surface area contributed by atoms with Crippen LogP contribution in [0.15, 0.2) is 4.47 Å². The molecule has 1 aromatic carbocycles. The van der Waals surface area contributed by atoms with Crippen LogP contribution in [0.2, 0.25) is 0 Å². The molecule has 1 aromatic rings. The van der Waals surface area contributed by atoms with Crippen LogP contribution in [0.3, 0.4) is 0 Å². The second-order valence-corrected chi connectivity index (χ2v) is 5.01. The molecule has 0 aliphatic carbocycles. The molecule has 0 fully saturated rings. The molecule has 0 saturated carbocycles. The third-order valence-corrected chi connectivity index (χ3v) is 4.17. The van der Waals surface area contributed by atoms with E-state index in [0.29, 0.717) is 0 Å². The highest BCUT2D eigenvalue weighted by Crippen LogP contribution is 2.39. The lowest BCUT2D eigenvalue weighted by Gasteiger charge is -2.21. The Hall–Kier alpha value is -0.540. The Kier molecular flexibility index (Phi) is 4.39. The van der Waals surface area contributed by atoms with Gasteiger partial charge in [0.1, 0.15) is 5.75 Å². The highest BCUT2D eigenvalue weighted by Gasteiger charge is 2.19. The van der Waals surface area contributed by atoms with Crippen molar-refractivity contribution >= 4 is 15.9 Å². The van der Waals surface area contributed by atoms with Crippen molar-refractivity contribution in [2.45, 2.75) is 33.6 Å². The molecular weight excluding hydrogens is 268 g/mol. The molecule has 2 nitrogen and oxygen atoms in total. The minimum absolute atomic E-state index is 0.154. The van der Waals surface area contributed by atoms with Crippen molar-refractivity contribution in [1.29, 1.82) is 0 Å². The van der Waals surface area contributed by atoms with Crippen LogP contribution < -0.4 is 4.74 Å². The summed E-state index contributed by atoms with van der Waals surface area (Å²) in [6, 6.07) is 0. The minimum Gasteiger partial charge on any atom is -0.495 e. The number of aliphatic hydroxyl groups is 1. The molecule has 0 aliphatic rings. The summed E-state index contributed by atoms with van der Waals surface area (Å²) in [5.41, 5.74) is 4.71. The van der Waals surface area contributed by atoms with Gasteiger partial charge in [-0.1, -0.05) is 6.92 Å². The zero-order valence-corrected chi connectivity index (χ0v) is 12.1. The predicted molar refractivity (Wildman–Crippen MR) is 70.4 cm³/mol. The summed E-state index contributed by atoms with van der Waals surface area (Å²) in [5, 5.41) is 9.30. The fraction of sp³-hybridized carbons (Fsp3) is 0.538. The second kappa shape index (κ2) is 5.19. The van der Waals surface area contributed by atoms with Crippen LogP contribution in [0.25, 0.3) is 0 Å². The summed E-state index contributed by atoms with van der Waals surface area (Å²) in [6.45, 7) is 8.39. The Labute approximate surface area is 106 Å². The van der Waals surface area contributed by atoms with Crippen molar-refractivity contribution in [2.75, 3.05) is 13.7 Å². The van der Waals surface area contributed by atoms with Crippen molar-refractivity contribution in [3.05, 3.63) is 26.7 Å². The summed E-state index contributed by atoms with van der Waals surface area (Å²) in [4.78, 5) is 0. The average molecular weight is 287 g/mol. The molecule has 0 aromatic heterocycles. The molecule has 1 atom stereocenters. The van der Waals surface area contributed by atoms with Gasteiger partial charge in [0, 0.05) is 12.5 Å². The molecular formula is C13H19BrO2. The largest absolute Gasteiger partial charge is 0.495 e. The third kappa shape index (κ3) is 2.11. The second-order valence-electron chi connectivity index (χ2n) is 4.22. The van der Waals surface area contributed by atoms with Gasteiger partial charge in [-0.2, -0.15) is 0 Å². The van der Waals surface area contributed by atoms with E-state index in [1.807, 2.05) is 13.8 Å². The van der Waals surface area contributed by atoms with Crippen molar-refractivity contribution in [3.63, 3.8) is 0 Å². The van der Waals surface area contributed by atoms with E-state index >= 15 is 0 Å². The summed E-state index contributed by atoms with van der Waals surface area (Å²) in [5.74, 6) is 1.05. The topological polar surface area (TPSA) is 29.5 Å². The van der Waals surface area contributed by atoms with Gasteiger partial charge in [-0.05, 0) is 59.0 Å². The number of aliphatic hydroxyl groups excluding tert-OH is 1. The summed E-state index contributed by atoms with van der Waals surface area (Å²) < 4.78 is 6.39. The lowest BCUT2D eigenvalue weighted by Crippen LogP contribution is -2.07. The van der Waals surface area contributed by atoms with Crippen molar-refractivity contribution in [1.82, 2.24) is 0 Å². The van der Waals surface area contributed by atoms with E-state index in [0.717, 1.165) is 21.3 Å². The maximum Gasteiger partial charge on any atom is 0.136 e. The highest BCUT2D eigenvalue weighted by atomic mass is 79.9. The molecule has 0 amide bonds. The normalized spacial score (nSPS) is 12.7. The number of hydrogen-bond acceptors (Lipinski definition) is 2. The first kappa shape index (κ1) is 13.5. The van der Waals surface area contributed by atoms with E-state index < -0.39 is 0 Å². The first-order valence-electron chi connectivity index (χ1n) is 5.39. The molecule has 90 valence electrons. The maximum absolute atomic E-state index is 9.30. The predicted octanol–water partition coefficient (Wildman–Crippen LogP) is 3.48. The Morgan fingerprint density at radius 3 is 2.19 bits per heavy atom. The monoisotopic (exact) mass is 286 g/mol. The van der Waals surface area contributed by atoms with Crippen molar-refractivity contribution < 1.29 is 9.84 Å². The van der Waals surface area contributed by atoms with Gasteiger partial charge < -0.3 is 9.84 Å². The van der Waals surface area contributed by atoms with Gasteiger partial charge in [-0.25, -0.2) is 0 Å². The fourth-order valence-corrected chi connectivity index (χ4v) is 2.85. The number of rotatable bonds is 3. The zero-order valence-electron chi connectivity index (χ0n) is 10.5. The summed E-state index contributed by atoms with van der Waals surface area (Å²) in [7, 11) is 1.68. The first-order chi connectivity index (χ1) is 7.45. The summed E-state index contributed by atoms with van der Waals surface area (Å²) >= 11 is 3.57. The van der Waals surface area contributed by atoms with E-state index in [9.17, 15) is 5.11 Å². The smallest absolute Gasteiger partial charge is 0.136 e. The van der Waals surface area contributed by atoms with Crippen LogP contribution in [0.5, 0.6) is 5.75 Å². The molecule has 0 aliphatic heterocycles. The SMILES string of the molecule is COc1c(C)c(C)c(C(C)CO)c(C)c1Br. The van der Waals surface area contributed by atoms with Gasteiger partial charge in [0.25, 0.3) is 0 Å². The lowest BCUT2D eigenvalue weighted by molar-refractivity contribution is 0.272. The Morgan fingerprint density at radius 2 is 1.75 bits per heavy atom. The van der Waals surface area contributed by atoms with Crippen LogP contribution in [0, 0.1) is 20.8 Å². The maximum atomic E-state index is 9.30. The van der Waals surface area contributed by atoms with Crippen LogP contribution in [-0.2, 0) is 0 Å². The van der Waals surface area contributed by atoms with E-state index in [2.05, 4.69) is 29.8 Å². The van der Waals surface area contributed by atoms with Crippen molar-refractivity contribution in [2.24, 2.45) is 0 Å². The van der Waals surface area contributed by atoms with Crippen LogP contribution in [-0.4, -0.2) is 18.8 Å². The molecule has 1 N–H and O–H groups in total. The lowest BCUT2D eigenvalue weighted by atomic mass is 9.89. The Morgan fingerprint density at radius 1 is 1.19 bits per heavy atom. The molecule has 0 radical (unpaired) electrons. The fourth-order valence-electron chi connectivity index (χ4n) is 2.18. The van der Waals surface area contributed by atoms with Gasteiger partial charge in [0.2, 0.25) is 0 Å². The molecule has 1 unspecified atom stereocenters. The number of methoxy groups -OCH3 is 1. The molecule has 0 heterocycles. The number of halogens is 1.